The fraction of sp³-hybridized carbons (Fsp3) is 0.400. The van der Waals surface area contributed by atoms with Gasteiger partial charge in [-0.25, -0.2) is 12.8 Å². The van der Waals surface area contributed by atoms with Gasteiger partial charge in [0.05, 0.1) is 18.0 Å². The molecule has 4 rings (SSSR count). The number of piperidine rings is 1. The van der Waals surface area contributed by atoms with E-state index in [1.807, 2.05) is 18.2 Å². The molecule has 2 bridgehead atoms. The number of hydrogen-bond donors (Lipinski definition) is 0. The third-order valence-electron chi connectivity index (χ3n) is 5.53. The van der Waals surface area contributed by atoms with Crippen LogP contribution in [-0.2, 0) is 10.0 Å². The quantitative estimate of drug-likeness (QED) is 0.757. The molecule has 0 radical (unpaired) electrons. The fourth-order valence-corrected chi connectivity index (χ4v) is 6.13. The van der Waals surface area contributed by atoms with Crippen molar-refractivity contribution in [2.45, 2.75) is 36.2 Å². The molecule has 144 valence electrons. The van der Waals surface area contributed by atoms with Crippen LogP contribution in [0.2, 0.25) is 0 Å². The maximum absolute atomic E-state index is 13.2. The molecule has 0 aromatic heterocycles. The van der Waals surface area contributed by atoms with Crippen molar-refractivity contribution in [2.75, 3.05) is 13.7 Å². The lowest BCUT2D eigenvalue weighted by Gasteiger charge is -2.34. The first kappa shape index (κ1) is 18.3. The molecule has 1 aliphatic heterocycles. The Morgan fingerprint density at radius 2 is 1.85 bits per heavy atom. The summed E-state index contributed by atoms with van der Waals surface area (Å²) in [4.78, 5) is 0.128. The average molecular weight is 391 g/mol. The Morgan fingerprint density at radius 3 is 2.59 bits per heavy atom. The predicted octanol–water partition coefficient (Wildman–Crippen LogP) is 3.45. The van der Waals surface area contributed by atoms with E-state index in [4.69, 9.17) is 9.47 Å². The van der Waals surface area contributed by atoms with Crippen molar-refractivity contribution in [3.8, 4) is 11.5 Å². The number of benzene rings is 2. The second kappa shape index (κ2) is 7.13. The summed E-state index contributed by atoms with van der Waals surface area (Å²) in [7, 11) is -2.10. The largest absolute Gasteiger partial charge is 0.497 e. The number of fused-ring (bicyclic) bond motifs is 2. The first-order chi connectivity index (χ1) is 13.0. The van der Waals surface area contributed by atoms with E-state index in [0.717, 1.165) is 19.3 Å². The molecule has 7 heteroatoms. The van der Waals surface area contributed by atoms with Gasteiger partial charge >= 0.3 is 0 Å². The van der Waals surface area contributed by atoms with Crippen LogP contribution < -0.4 is 9.47 Å². The van der Waals surface area contributed by atoms with Gasteiger partial charge in [-0.15, -0.1) is 0 Å². The fourth-order valence-electron chi connectivity index (χ4n) is 4.24. The Balaban J connectivity index is 1.56. The van der Waals surface area contributed by atoms with E-state index in [2.05, 4.69) is 0 Å². The third kappa shape index (κ3) is 3.41. The Labute approximate surface area is 158 Å². The molecule has 2 aromatic carbocycles. The summed E-state index contributed by atoms with van der Waals surface area (Å²) >= 11 is 0. The summed E-state index contributed by atoms with van der Waals surface area (Å²) in [5.41, 5.74) is 0. The molecule has 0 amide bonds. The third-order valence-corrected chi connectivity index (χ3v) is 7.52. The Morgan fingerprint density at radius 1 is 1.11 bits per heavy atom. The van der Waals surface area contributed by atoms with Gasteiger partial charge in [-0.3, -0.25) is 0 Å². The van der Waals surface area contributed by atoms with Gasteiger partial charge in [-0.2, -0.15) is 4.31 Å². The van der Waals surface area contributed by atoms with E-state index >= 15 is 0 Å². The first-order valence-electron chi connectivity index (χ1n) is 9.05. The van der Waals surface area contributed by atoms with Crippen LogP contribution in [0.5, 0.6) is 11.5 Å². The summed E-state index contributed by atoms with van der Waals surface area (Å²) in [5, 5.41) is 0. The van der Waals surface area contributed by atoms with Crippen molar-refractivity contribution in [1.29, 1.82) is 0 Å². The molecule has 0 N–H and O–H groups in total. The molecular weight excluding hydrogens is 369 g/mol. The van der Waals surface area contributed by atoms with Crippen LogP contribution >= 0.6 is 0 Å². The molecule has 1 aliphatic carbocycles. The first-order valence-corrected chi connectivity index (χ1v) is 10.5. The molecule has 1 saturated heterocycles. The topological polar surface area (TPSA) is 55.8 Å². The maximum Gasteiger partial charge on any atom is 0.243 e. The van der Waals surface area contributed by atoms with Crippen molar-refractivity contribution in [2.24, 2.45) is 5.92 Å². The van der Waals surface area contributed by atoms with E-state index in [0.29, 0.717) is 11.5 Å². The van der Waals surface area contributed by atoms with Crippen molar-refractivity contribution >= 4 is 10.0 Å². The highest BCUT2D eigenvalue weighted by Crippen LogP contribution is 2.45. The highest BCUT2D eigenvalue weighted by Gasteiger charge is 2.51. The number of ether oxygens (including phenoxy) is 2. The summed E-state index contributed by atoms with van der Waals surface area (Å²) in [6, 6.07) is 12.1. The van der Waals surface area contributed by atoms with Gasteiger partial charge in [0.25, 0.3) is 0 Å². The standard InChI is InChI=1S/C20H22FNO4S/c1-25-17-3-2-4-18(12-17)26-13-20-14-5-8-16(11-14)22(20)27(23,24)19-9-6-15(21)7-10-19/h2-4,6-7,9-10,12,14,16,20H,5,8,11,13H2,1H3/t14?,16?,20-/m1/s1. The Kier molecular flexibility index (Phi) is 4.82. The minimum Gasteiger partial charge on any atom is -0.497 e. The molecule has 2 aromatic rings. The van der Waals surface area contributed by atoms with E-state index in [-0.39, 0.29) is 29.5 Å². The van der Waals surface area contributed by atoms with Crippen LogP contribution in [0.4, 0.5) is 4.39 Å². The predicted molar refractivity (Wildman–Crippen MR) is 98.8 cm³/mol. The van der Waals surface area contributed by atoms with Crippen molar-refractivity contribution < 1.29 is 22.3 Å². The van der Waals surface area contributed by atoms with Gasteiger partial charge < -0.3 is 9.47 Å². The van der Waals surface area contributed by atoms with Crippen molar-refractivity contribution in [3.63, 3.8) is 0 Å². The zero-order chi connectivity index (χ0) is 19.0. The Bertz CT molecular complexity index is 916. The molecule has 2 unspecified atom stereocenters. The summed E-state index contributed by atoms with van der Waals surface area (Å²) in [6.45, 7) is 0.286. The summed E-state index contributed by atoms with van der Waals surface area (Å²) in [5.74, 6) is 1.18. The molecule has 5 nitrogen and oxygen atoms in total. The van der Waals surface area contributed by atoms with E-state index in [1.54, 1.807) is 17.5 Å². The lowest BCUT2D eigenvalue weighted by Crippen LogP contribution is -2.47. The monoisotopic (exact) mass is 391 g/mol. The number of halogens is 1. The highest BCUT2D eigenvalue weighted by molar-refractivity contribution is 7.89. The van der Waals surface area contributed by atoms with Crippen LogP contribution in [0, 0.1) is 11.7 Å². The average Bonchev–Trinajstić information content (AvgIpc) is 3.28. The van der Waals surface area contributed by atoms with Crippen LogP contribution in [0.25, 0.3) is 0 Å². The molecule has 1 saturated carbocycles. The minimum absolute atomic E-state index is 0.0102. The van der Waals surface area contributed by atoms with Gasteiger partial charge in [-0.05, 0) is 61.6 Å². The second-order valence-corrected chi connectivity index (χ2v) is 8.92. The maximum atomic E-state index is 13.2. The van der Waals surface area contributed by atoms with Gasteiger partial charge in [0, 0.05) is 12.1 Å². The van der Waals surface area contributed by atoms with Crippen LogP contribution in [-0.4, -0.2) is 38.5 Å². The summed E-state index contributed by atoms with van der Waals surface area (Å²) < 4.78 is 52.3. The number of hydrogen-bond acceptors (Lipinski definition) is 4. The number of sulfonamides is 1. The molecule has 27 heavy (non-hydrogen) atoms. The second-order valence-electron chi connectivity index (χ2n) is 7.07. The number of nitrogens with zero attached hydrogens (tertiary/aromatic N) is 1. The smallest absolute Gasteiger partial charge is 0.243 e. The molecule has 2 aliphatic rings. The summed E-state index contributed by atoms with van der Waals surface area (Å²) in [6.07, 6.45) is 2.72. The molecule has 2 fully saturated rings. The van der Waals surface area contributed by atoms with Crippen LogP contribution in [0.15, 0.2) is 53.4 Å². The molecular formula is C20H22FNO4S. The van der Waals surface area contributed by atoms with E-state index in [9.17, 15) is 12.8 Å². The van der Waals surface area contributed by atoms with Gasteiger partial charge in [0.15, 0.2) is 0 Å². The van der Waals surface area contributed by atoms with E-state index in [1.165, 1.54) is 24.3 Å². The lowest BCUT2D eigenvalue weighted by atomic mass is 10.0. The van der Waals surface area contributed by atoms with Gasteiger partial charge in [0.2, 0.25) is 10.0 Å². The Hall–Kier alpha value is -2.12. The number of rotatable bonds is 6. The zero-order valence-corrected chi connectivity index (χ0v) is 15.9. The molecule has 1 heterocycles. The van der Waals surface area contributed by atoms with E-state index < -0.39 is 15.8 Å². The van der Waals surface area contributed by atoms with Crippen molar-refractivity contribution in [3.05, 3.63) is 54.3 Å². The minimum atomic E-state index is -3.69. The lowest BCUT2D eigenvalue weighted by molar-refractivity contribution is 0.162. The van der Waals surface area contributed by atoms with Crippen LogP contribution in [0.1, 0.15) is 19.3 Å². The molecule has 3 atom stereocenters. The van der Waals surface area contributed by atoms with Gasteiger partial charge in [0.1, 0.15) is 23.9 Å². The molecule has 0 spiro atoms. The van der Waals surface area contributed by atoms with Crippen LogP contribution in [0.3, 0.4) is 0 Å². The highest BCUT2D eigenvalue weighted by atomic mass is 32.2. The van der Waals surface area contributed by atoms with Crippen molar-refractivity contribution in [1.82, 2.24) is 4.31 Å². The van der Waals surface area contributed by atoms with Gasteiger partial charge in [-0.1, -0.05) is 6.07 Å². The normalized spacial score (nSPS) is 24.9. The zero-order valence-electron chi connectivity index (χ0n) is 15.0. The SMILES string of the molecule is COc1cccc(OC[C@@H]2C3CCC(C3)N2S(=O)(=O)c2ccc(F)cc2)c1. The number of methoxy groups -OCH3 is 1.